The van der Waals surface area contributed by atoms with E-state index in [4.69, 9.17) is 11.6 Å². The number of aliphatic hydroxyl groups is 1. The van der Waals surface area contributed by atoms with E-state index in [-0.39, 0.29) is 18.2 Å². The average molecular weight is 268 g/mol. The molecule has 3 atom stereocenters. The minimum absolute atomic E-state index is 0.189. The standard InChI is InChI=1S/C15H22ClNO/c1-11(12-6-5-7-13(16)10-12)17(2)14-8-3-4-9-15(14)18/h5-7,10-11,14-15,18H,3-4,8-9H2,1-2H3. The monoisotopic (exact) mass is 267 g/mol. The molecule has 1 aliphatic rings. The Hall–Kier alpha value is -0.570. The van der Waals surface area contributed by atoms with Gasteiger partial charge in [0.25, 0.3) is 0 Å². The summed E-state index contributed by atoms with van der Waals surface area (Å²) in [6.07, 6.45) is 4.19. The van der Waals surface area contributed by atoms with E-state index in [1.807, 2.05) is 18.2 Å². The number of halogens is 1. The van der Waals surface area contributed by atoms with Gasteiger partial charge in [-0.25, -0.2) is 0 Å². The first-order valence-corrected chi connectivity index (χ1v) is 7.13. The van der Waals surface area contributed by atoms with E-state index < -0.39 is 0 Å². The molecule has 1 N–H and O–H groups in total. The van der Waals surface area contributed by atoms with E-state index in [0.717, 1.165) is 24.3 Å². The Morgan fingerprint density at radius 1 is 1.33 bits per heavy atom. The summed E-state index contributed by atoms with van der Waals surface area (Å²) in [5.74, 6) is 0. The van der Waals surface area contributed by atoms with Crippen LogP contribution >= 0.6 is 11.6 Å². The van der Waals surface area contributed by atoms with E-state index >= 15 is 0 Å². The maximum Gasteiger partial charge on any atom is 0.0695 e. The van der Waals surface area contributed by atoms with Crippen molar-refractivity contribution in [3.8, 4) is 0 Å². The lowest BCUT2D eigenvalue weighted by molar-refractivity contribution is 0.0155. The highest BCUT2D eigenvalue weighted by molar-refractivity contribution is 6.30. The molecule has 2 nitrogen and oxygen atoms in total. The summed E-state index contributed by atoms with van der Waals surface area (Å²) >= 11 is 6.04. The lowest BCUT2D eigenvalue weighted by Gasteiger charge is -2.38. The predicted molar refractivity (Wildman–Crippen MR) is 75.9 cm³/mol. The number of hydrogen-bond acceptors (Lipinski definition) is 2. The minimum Gasteiger partial charge on any atom is -0.391 e. The third-order valence-corrected chi connectivity index (χ3v) is 4.39. The largest absolute Gasteiger partial charge is 0.391 e. The molecule has 0 bridgehead atoms. The fraction of sp³-hybridized carbons (Fsp3) is 0.600. The third-order valence-electron chi connectivity index (χ3n) is 4.16. The Morgan fingerprint density at radius 3 is 2.72 bits per heavy atom. The predicted octanol–water partition coefficient (Wildman–Crippen LogP) is 3.64. The average Bonchev–Trinajstić information content (AvgIpc) is 2.37. The number of aliphatic hydroxyl groups excluding tert-OH is 1. The summed E-state index contributed by atoms with van der Waals surface area (Å²) < 4.78 is 0. The van der Waals surface area contributed by atoms with Gasteiger partial charge in [0.2, 0.25) is 0 Å². The van der Waals surface area contributed by atoms with Gasteiger partial charge in [0.05, 0.1) is 6.10 Å². The van der Waals surface area contributed by atoms with Crippen LogP contribution in [-0.4, -0.2) is 29.2 Å². The number of benzene rings is 1. The fourth-order valence-electron chi connectivity index (χ4n) is 2.86. The number of nitrogens with zero attached hydrogens (tertiary/aromatic N) is 1. The van der Waals surface area contributed by atoms with E-state index in [1.54, 1.807) is 0 Å². The maximum absolute atomic E-state index is 10.1. The van der Waals surface area contributed by atoms with Crippen LogP contribution in [0.2, 0.25) is 5.02 Å². The maximum atomic E-state index is 10.1. The second-order valence-corrected chi connectivity index (χ2v) is 5.75. The second kappa shape index (κ2) is 6.05. The molecule has 3 heteroatoms. The minimum atomic E-state index is -0.189. The van der Waals surface area contributed by atoms with E-state index in [2.05, 4.69) is 24.9 Å². The fourth-order valence-corrected chi connectivity index (χ4v) is 3.05. The van der Waals surface area contributed by atoms with Gasteiger partial charge in [0.1, 0.15) is 0 Å². The number of hydrogen-bond donors (Lipinski definition) is 1. The first-order valence-electron chi connectivity index (χ1n) is 6.75. The SMILES string of the molecule is CC(c1cccc(Cl)c1)N(C)C1CCCCC1O. The zero-order valence-electron chi connectivity index (χ0n) is 11.1. The van der Waals surface area contributed by atoms with Crippen molar-refractivity contribution >= 4 is 11.6 Å². The van der Waals surface area contributed by atoms with Crippen LogP contribution in [-0.2, 0) is 0 Å². The molecule has 1 aliphatic carbocycles. The summed E-state index contributed by atoms with van der Waals surface area (Å²) in [7, 11) is 2.10. The van der Waals surface area contributed by atoms with Crippen LogP contribution in [0.5, 0.6) is 0 Å². The van der Waals surface area contributed by atoms with E-state index in [9.17, 15) is 5.11 Å². The van der Waals surface area contributed by atoms with Crippen LogP contribution < -0.4 is 0 Å². The van der Waals surface area contributed by atoms with Crippen molar-refractivity contribution in [2.75, 3.05) is 7.05 Å². The molecule has 0 saturated heterocycles. The zero-order chi connectivity index (χ0) is 13.1. The Labute approximate surface area is 115 Å². The van der Waals surface area contributed by atoms with Crippen molar-refractivity contribution in [3.05, 3.63) is 34.9 Å². The smallest absolute Gasteiger partial charge is 0.0695 e. The highest BCUT2D eigenvalue weighted by Crippen LogP contribution is 2.29. The van der Waals surface area contributed by atoms with Crippen LogP contribution in [0, 0.1) is 0 Å². The van der Waals surface area contributed by atoms with Crippen LogP contribution in [0.15, 0.2) is 24.3 Å². The normalized spacial score (nSPS) is 26.3. The Bertz CT molecular complexity index is 396. The summed E-state index contributed by atoms with van der Waals surface area (Å²) in [6, 6.07) is 8.54. The van der Waals surface area contributed by atoms with Gasteiger partial charge in [-0.2, -0.15) is 0 Å². The molecule has 0 spiro atoms. The molecule has 1 aromatic carbocycles. The molecule has 0 amide bonds. The van der Waals surface area contributed by atoms with E-state index in [0.29, 0.717) is 0 Å². The van der Waals surface area contributed by atoms with Gasteiger partial charge in [0.15, 0.2) is 0 Å². The molecular weight excluding hydrogens is 246 g/mol. The molecule has 2 rings (SSSR count). The van der Waals surface area contributed by atoms with Crippen LogP contribution in [0.4, 0.5) is 0 Å². The quantitative estimate of drug-likeness (QED) is 0.904. The van der Waals surface area contributed by atoms with Gasteiger partial charge in [-0.05, 0) is 44.5 Å². The van der Waals surface area contributed by atoms with Crippen LogP contribution in [0.1, 0.15) is 44.2 Å². The van der Waals surface area contributed by atoms with Crippen molar-refractivity contribution < 1.29 is 5.11 Å². The van der Waals surface area contributed by atoms with Gasteiger partial charge in [-0.15, -0.1) is 0 Å². The first-order chi connectivity index (χ1) is 8.59. The van der Waals surface area contributed by atoms with Gasteiger partial charge in [-0.3, -0.25) is 4.90 Å². The molecule has 0 aromatic heterocycles. The molecule has 0 heterocycles. The van der Waals surface area contributed by atoms with Crippen LogP contribution in [0.3, 0.4) is 0 Å². The van der Waals surface area contributed by atoms with Crippen molar-refractivity contribution in [1.82, 2.24) is 4.90 Å². The summed E-state index contributed by atoms with van der Waals surface area (Å²) in [6.45, 7) is 2.17. The molecule has 1 fully saturated rings. The lowest BCUT2D eigenvalue weighted by Crippen LogP contribution is -2.44. The summed E-state index contributed by atoms with van der Waals surface area (Å²) in [4.78, 5) is 2.29. The molecule has 18 heavy (non-hydrogen) atoms. The second-order valence-electron chi connectivity index (χ2n) is 5.32. The number of rotatable bonds is 3. The lowest BCUT2D eigenvalue weighted by atomic mass is 9.90. The topological polar surface area (TPSA) is 23.5 Å². The third kappa shape index (κ3) is 3.05. The van der Waals surface area contributed by atoms with Gasteiger partial charge in [-0.1, -0.05) is 36.6 Å². The number of likely N-dealkylation sites (N-methyl/N-ethyl adjacent to an activating group) is 1. The molecule has 1 aromatic rings. The zero-order valence-corrected chi connectivity index (χ0v) is 11.9. The highest BCUT2D eigenvalue weighted by Gasteiger charge is 2.29. The Balaban J connectivity index is 2.10. The molecule has 0 aliphatic heterocycles. The van der Waals surface area contributed by atoms with Crippen molar-refractivity contribution in [1.29, 1.82) is 0 Å². The Kier molecular flexibility index (Phi) is 4.66. The van der Waals surface area contributed by atoms with Crippen LogP contribution in [0.25, 0.3) is 0 Å². The molecule has 1 saturated carbocycles. The van der Waals surface area contributed by atoms with Crippen molar-refractivity contribution in [3.63, 3.8) is 0 Å². The van der Waals surface area contributed by atoms with E-state index in [1.165, 1.54) is 12.0 Å². The Morgan fingerprint density at radius 2 is 2.06 bits per heavy atom. The summed E-state index contributed by atoms with van der Waals surface area (Å²) in [5, 5.41) is 10.9. The van der Waals surface area contributed by atoms with Gasteiger partial charge in [0, 0.05) is 17.1 Å². The molecular formula is C15H22ClNO. The van der Waals surface area contributed by atoms with Gasteiger partial charge < -0.3 is 5.11 Å². The first kappa shape index (κ1) is 13.9. The molecule has 100 valence electrons. The highest BCUT2D eigenvalue weighted by atomic mass is 35.5. The molecule has 3 unspecified atom stereocenters. The summed E-state index contributed by atoms with van der Waals surface area (Å²) in [5.41, 5.74) is 1.21. The van der Waals surface area contributed by atoms with Crippen molar-refractivity contribution in [2.24, 2.45) is 0 Å². The van der Waals surface area contributed by atoms with Crippen molar-refractivity contribution in [2.45, 2.75) is 50.8 Å². The molecule has 0 radical (unpaired) electrons. The van der Waals surface area contributed by atoms with Gasteiger partial charge >= 0.3 is 0 Å².